The zero-order chi connectivity index (χ0) is 30.7. The van der Waals surface area contributed by atoms with Gasteiger partial charge in [0, 0.05) is 36.6 Å². The number of hydrogen-bond acceptors (Lipinski definition) is 6. The van der Waals surface area contributed by atoms with Gasteiger partial charge in [0.1, 0.15) is 11.6 Å². The quantitative estimate of drug-likeness (QED) is 0.235. The first-order valence-electron chi connectivity index (χ1n) is 14.8. The number of alkyl halides is 3. The van der Waals surface area contributed by atoms with Gasteiger partial charge < -0.3 is 19.9 Å². The zero-order valence-electron chi connectivity index (χ0n) is 24.1. The molecule has 4 aromatic rings. The maximum atomic E-state index is 14.3. The van der Waals surface area contributed by atoms with E-state index in [-0.39, 0.29) is 24.2 Å². The SMILES string of the molecule is N#Cc1ccc(-c2ccc3nc(NCc4ccccc4OC(F)(F)F)cc(C(=O)N4CCC[C@H]4CN4CCCC4)c3c2)cc1. The van der Waals surface area contributed by atoms with Crippen LogP contribution in [0.25, 0.3) is 22.0 Å². The Morgan fingerprint density at radius 3 is 2.48 bits per heavy atom. The van der Waals surface area contributed by atoms with Crippen LogP contribution in [0.2, 0.25) is 0 Å². The number of nitrogens with one attached hydrogen (secondary N) is 1. The summed E-state index contributed by atoms with van der Waals surface area (Å²) in [5.41, 5.74) is 3.73. The van der Waals surface area contributed by atoms with Gasteiger partial charge in [-0.2, -0.15) is 5.26 Å². The van der Waals surface area contributed by atoms with Gasteiger partial charge in [-0.1, -0.05) is 36.4 Å². The number of carbonyl (C=O) groups is 1. The molecule has 0 spiro atoms. The summed E-state index contributed by atoms with van der Waals surface area (Å²) < 4.78 is 43.2. The highest BCUT2D eigenvalue weighted by Gasteiger charge is 2.33. The van der Waals surface area contributed by atoms with E-state index in [1.54, 1.807) is 30.3 Å². The zero-order valence-corrected chi connectivity index (χ0v) is 24.1. The van der Waals surface area contributed by atoms with Crippen LogP contribution in [0, 0.1) is 11.3 Å². The number of nitrogens with zero attached hydrogens (tertiary/aromatic N) is 4. The highest BCUT2D eigenvalue weighted by molar-refractivity contribution is 6.08. The summed E-state index contributed by atoms with van der Waals surface area (Å²) in [4.78, 5) is 23.4. The molecule has 1 amide bonds. The van der Waals surface area contributed by atoms with Gasteiger partial charge in [0.25, 0.3) is 5.91 Å². The van der Waals surface area contributed by atoms with Crippen LogP contribution in [0.4, 0.5) is 19.0 Å². The summed E-state index contributed by atoms with van der Waals surface area (Å²) in [6.07, 6.45) is -0.571. The first kappa shape index (κ1) is 29.5. The minimum atomic E-state index is -4.81. The van der Waals surface area contributed by atoms with E-state index in [1.807, 2.05) is 35.2 Å². The van der Waals surface area contributed by atoms with Crippen molar-refractivity contribution < 1.29 is 22.7 Å². The fourth-order valence-corrected chi connectivity index (χ4v) is 6.18. The number of anilines is 1. The van der Waals surface area contributed by atoms with Crippen molar-refractivity contribution in [3.63, 3.8) is 0 Å². The fourth-order valence-electron chi connectivity index (χ4n) is 6.18. The average molecular weight is 600 g/mol. The van der Waals surface area contributed by atoms with Gasteiger partial charge in [0.05, 0.1) is 22.7 Å². The molecule has 1 N–H and O–H groups in total. The van der Waals surface area contributed by atoms with Crippen LogP contribution in [0.3, 0.4) is 0 Å². The molecule has 0 radical (unpaired) electrons. The molecule has 0 aliphatic carbocycles. The van der Waals surface area contributed by atoms with Crippen LogP contribution in [0.15, 0.2) is 72.8 Å². The maximum Gasteiger partial charge on any atom is 0.573 e. The smallest absolute Gasteiger partial charge is 0.405 e. The average Bonchev–Trinajstić information content (AvgIpc) is 3.72. The molecule has 6 rings (SSSR count). The lowest BCUT2D eigenvalue weighted by atomic mass is 9.99. The lowest BCUT2D eigenvalue weighted by molar-refractivity contribution is -0.274. The molecule has 0 saturated carbocycles. The molecule has 2 saturated heterocycles. The highest BCUT2D eigenvalue weighted by atomic mass is 19.4. The molecule has 3 aromatic carbocycles. The Balaban J connectivity index is 1.35. The predicted molar refractivity (Wildman–Crippen MR) is 162 cm³/mol. The Bertz CT molecular complexity index is 1690. The summed E-state index contributed by atoms with van der Waals surface area (Å²) in [7, 11) is 0. The van der Waals surface area contributed by atoms with Crippen LogP contribution in [0.5, 0.6) is 5.75 Å². The van der Waals surface area contributed by atoms with Crippen LogP contribution in [-0.2, 0) is 6.54 Å². The topological polar surface area (TPSA) is 81.5 Å². The Hall–Kier alpha value is -4.62. The van der Waals surface area contributed by atoms with Gasteiger partial charge in [-0.25, -0.2) is 4.98 Å². The van der Waals surface area contributed by atoms with Gasteiger partial charge in [-0.3, -0.25) is 4.79 Å². The van der Waals surface area contributed by atoms with E-state index in [2.05, 4.69) is 21.0 Å². The van der Waals surface area contributed by atoms with E-state index in [9.17, 15) is 23.2 Å². The first-order valence-corrected chi connectivity index (χ1v) is 14.8. The predicted octanol–water partition coefficient (Wildman–Crippen LogP) is 6.98. The van der Waals surface area contributed by atoms with Crippen LogP contribution < -0.4 is 10.1 Å². The number of aromatic nitrogens is 1. The number of ether oxygens (including phenoxy) is 1. The third-order valence-corrected chi connectivity index (χ3v) is 8.35. The molecule has 2 aliphatic rings. The number of pyridine rings is 1. The number of benzene rings is 3. The summed E-state index contributed by atoms with van der Waals surface area (Å²) in [6, 6.07) is 22.8. The number of para-hydroxylation sites is 1. The summed E-state index contributed by atoms with van der Waals surface area (Å²) in [6.45, 7) is 3.65. The largest absolute Gasteiger partial charge is 0.573 e. The molecule has 0 bridgehead atoms. The number of likely N-dealkylation sites (tertiary alicyclic amines) is 2. The van der Waals surface area contributed by atoms with Crippen LogP contribution in [0.1, 0.15) is 47.2 Å². The Morgan fingerprint density at radius 2 is 1.73 bits per heavy atom. The van der Waals surface area contributed by atoms with Gasteiger partial charge in [-0.05, 0) is 86.3 Å². The molecular formula is C34H32F3N5O2. The first-order chi connectivity index (χ1) is 21.3. The highest BCUT2D eigenvalue weighted by Crippen LogP contribution is 2.32. The second kappa shape index (κ2) is 12.5. The number of carbonyl (C=O) groups excluding carboxylic acids is 1. The van der Waals surface area contributed by atoms with Crippen molar-refractivity contribution in [3.05, 3.63) is 89.5 Å². The standard InChI is InChI=1S/C34H32F3N5O2/c35-34(36,37)44-31-8-2-1-6-26(31)21-39-32-19-29(33(43)42-17-5-7-27(42)22-41-15-3-4-16-41)28-18-25(13-14-30(28)40-32)24-11-9-23(20-38)10-12-24/h1-2,6,8-14,18-19,27H,3-5,7,15-17,21-22H2,(H,39,40)/t27-/m0/s1. The van der Waals surface area contributed by atoms with E-state index in [0.717, 1.165) is 43.6 Å². The fraction of sp³-hybridized carbons (Fsp3) is 0.324. The van der Waals surface area contributed by atoms with Crippen molar-refractivity contribution in [1.82, 2.24) is 14.8 Å². The van der Waals surface area contributed by atoms with Crippen LogP contribution in [-0.4, -0.2) is 59.3 Å². The summed E-state index contributed by atoms with van der Waals surface area (Å²) in [5, 5.41) is 13.0. The van der Waals surface area contributed by atoms with Crippen molar-refractivity contribution in [2.45, 2.75) is 44.6 Å². The molecule has 1 aromatic heterocycles. The van der Waals surface area contributed by atoms with E-state index in [0.29, 0.717) is 40.0 Å². The normalized spacial score (nSPS) is 17.1. The van der Waals surface area contributed by atoms with Crippen molar-refractivity contribution in [1.29, 1.82) is 5.26 Å². The van der Waals surface area contributed by atoms with Crippen molar-refractivity contribution in [2.75, 3.05) is 31.5 Å². The molecule has 44 heavy (non-hydrogen) atoms. The van der Waals surface area contributed by atoms with Gasteiger partial charge in [-0.15, -0.1) is 13.2 Å². The number of nitriles is 1. The monoisotopic (exact) mass is 599 g/mol. The van der Waals surface area contributed by atoms with Crippen molar-refractivity contribution >= 4 is 22.6 Å². The molecule has 1 atom stereocenters. The maximum absolute atomic E-state index is 14.3. The number of rotatable bonds is 8. The van der Waals surface area contributed by atoms with E-state index in [4.69, 9.17) is 4.98 Å². The molecule has 226 valence electrons. The lowest BCUT2D eigenvalue weighted by Crippen LogP contribution is -2.42. The number of fused-ring (bicyclic) bond motifs is 1. The molecule has 3 heterocycles. The molecule has 2 aliphatic heterocycles. The van der Waals surface area contributed by atoms with Gasteiger partial charge in [0.2, 0.25) is 0 Å². The van der Waals surface area contributed by atoms with E-state index in [1.165, 1.54) is 25.0 Å². The number of halogens is 3. The number of hydrogen-bond donors (Lipinski definition) is 1. The van der Waals surface area contributed by atoms with Crippen molar-refractivity contribution in [2.24, 2.45) is 0 Å². The molecule has 2 fully saturated rings. The van der Waals surface area contributed by atoms with Crippen LogP contribution >= 0.6 is 0 Å². The molecule has 10 heteroatoms. The summed E-state index contributed by atoms with van der Waals surface area (Å²) in [5.74, 6) is 0.00229. The van der Waals surface area contributed by atoms with Crippen molar-refractivity contribution in [3.8, 4) is 22.9 Å². The van der Waals surface area contributed by atoms with Gasteiger partial charge in [0.15, 0.2) is 0 Å². The van der Waals surface area contributed by atoms with E-state index < -0.39 is 6.36 Å². The molecule has 7 nitrogen and oxygen atoms in total. The van der Waals surface area contributed by atoms with Gasteiger partial charge >= 0.3 is 6.36 Å². The third-order valence-electron chi connectivity index (χ3n) is 8.35. The second-order valence-corrected chi connectivity index (χ2v) is 11.3. The second-order valence-electron chi connectivity index (χ2n) is 11.3. The Morgan fingerprint density at radius 1 is 0.977 bits per heavy atom. The Kier molecular flexibility index (Phi) is 8.40. The minimum Gasteiger partial charge on any atom is -0.405 e. The lowest BCUT2D eigenvalue weighted by Gasteiger charge is -2.29. The molecule has 0 unspecified atom stereocenters. The van der Waals surface area contributed by atoms with E-state index >= 15 is 0 Å². The third kappa shape index (κ3) is 6.63. The minimum absolute atomic E-state index is 0.0169. The number of amides is 1. The Labute approximate surface area is 253 Å². The summed E-state index contributed by atoms with van der Waals surface area (Å²) >= 11 is 0. The molecular weight excluding hydrogens is 567 g/mol.